The van der Waals surface area contributed by atoms with Crippen LogP contribution in [0.25, 0.3) is 0 Å². The van der Waals surface area contributed by atoms with E-state index in [0.717, 1.165) is 5.56 Å². The summed E-state index contributed by atoms with van der Waals surface area (Å²) in [5, 5.41) is 9.66. The zero-order chi connectivity index (χ0) is 13.9. The highest BCUT2D eigenvalue weighted by Gasteiger charge is 2.23. The average molecular weight is 250 g/mol. The van der Waals surface area contributed by atoms with Crippen molar-refractivity contribution in [3.05, 3.63) is 29.3 Å². The second-order valence-corrected chi connectivity index (χ2v) is 5.03. The molecule has 0 unspecified atom stereocenters. The van der Waals surface area contributed by atoms with Gasteiger partial charge in [-0.1, -0.05) is 26.8 Å². The molecule has 1 rings (SSSR count). The Kier molecular flexibility index (Phi) is 4.11. The van der Waals surface area contributed by atoms with Crippen molar-refractivity contribution in [1.29, 1.82) is 0 Å². The van der Waals surface area contributed by atoms with Crippen LogP contribution in [0.4, 0.5) is 0 Å². The van der Waals surface area contributed by atoms with Crippen molar-refractivity contribution in [3.63, 3.8) is 0 Å². The molecule has 1 aromatic carbocycles. The molecule has 0 aliphatic carbocycles. The number of benzene rings is 1. The van der Waals surface area contributed by atoms with Crippen molar-refractivity contribution in [1.82, 2.24) is 0 Å². The van der Waals surface area contributed by atoms with Gasteiger partial charge in [-0.2, -0.15) is 0 Å². The van der Waals surface area contributed by atoms with Crippen LogP contribution in [0, 0.1) is 0 Å². The van der Waals surface area contributed by atoms with E-state index in [2.05, 4.69) is 4.74 Å². The summed E-state index contributed by atoms with van der Waals surface area (Å²) in [5.41, 5.74) is 0.686. The van der Waals surface area contributed by atoms with Gasteiger partial charge in [0.05, 0.1) is 12.2 Å². The van der Waals surface area contributed by atoms with E-state index in [9.17, 15) is 14.7 Å². The summed E-state index contributed by atoms with van der Waals surface area (Å²) in [5.74, 6) is -1.97. The lowest BCUT2D eigenvalue weighted by atomic mass is 9.85. The van der Waals surface area contributed by atoms with Crippen molar-refractivity contribution >= 4 is 11.8 Å². The Morgan fingerprint density at radius 3 is 2.39 bits per heavy atom. The first-order valence-corrected chi connectivity index (χ1v) is 5.82. The molecule has 0 aliphatic heterocycles. The highest BCUT2D eigenvalue weighted by Crippen LogP contribution is 2.27. The van der Waals surface area contributed by atoms with Gasteiger partial charge >= 0.3 is 5.97 Å². The normalized spacial score (nSPS) is 11.1. The SMILES string of the molecule is CCOC(=O)C(=O)c1cc(C(C)(C)C)ccc1O. The molecule has 0 amide bonds. The quantitative estimate of drug-likeness (QED) is 0.508. The molecule has 98 valence electrons. The molecule has 0 spiro atoms. The molecule has 0 saturated heterocycles. The number of carbonyl (C=O) groups is 2. The number of esters is 1. The number of ether oxygens (including phenoxy) is 1. The van der Waals surface area contributed by atoms with E-state index in [4.69, 9.17) is 0 Å². The van der Waals surface area contributed by atoms with Crippen LogP contribution in [-0.2, 0) is 14.9 Å². The minimum Gasteiger partial charge on any atom is -0.507 e. The Bertz CT molecular complexity index is 469. The fourth-order valence-corrected chi connectivity index (χ4v) is 1.49. The van der Waals surface area contributed by atoms with Gasteiger partial charge in [0.2, 0.25) is 0 Å². The number of hydrogen-bond acceptors (Lipinski definition) is 4. The minimum atomic E-state index is -0.946. The van der Waals surface area contributed by atoms with Crippen molar-refractivity contribution in [2.24, 2.45) is 0 Å². The number of aromatic hydroxyl groups is 1. The number of phenolic OH excluding ortho intramolecular Hbond substituents is 1. The third-order valence-electron chi connectivity index (χ3n) is 2.57. The summed E-state index contributed by atoms with van der Waals surface area (Å²) in [6, 6.07) is 4.69. The van der Waals surface area contributed by atoms with Gasteiger partial charge in [0, 0.05) is 0 Å². The van der Waals surface area contributed by atoms with Crippen molar-refractivity contribution in [3.8, 4) is 5.75 Å². The maximum absolute atomic E-state index is 11.8. The van der Waals surface area contributed by atoms with Gasteiger partial charge in [0.1, 0.15) is 5.75 Å². The zero-order valence-electron chi connectivity index (χ0n) is 11.1. The summed E-state index contributed by atoms with van der Waals surface area (Å²) in [7, 11) is 0. The second kappa shape index (κ2) is 5.21. The predicted molar refractivity (Wildman–Crippen MR) is 67.8 cm³/mol. The molecule has 0 saturated carbocycles. The molecule has 0 aromatic heterocycles. The Hall–Kier alpha value is -1.84. The van der Waals surface area contributed by atoms with Crippen molar-refractivity contribution in [2.75, 3.05) is 6.61 Å². The lowest BCUT2D eigenvalue weighted by Gasteiger charge is -2.19. The third kappa shape index (κ3) is 3.09. The van der Waals surface area contributed by atoms with Crippen molar-refractivity contribution < 1.29 is 19.4 Å². The average Bonchev–Trinajstić information content (AvgIpc) is 2.27. The molecule has 4 nitrogen and oxygen atoms in total. The molecule has 0 atom stereocenters. The highest BCUT2D eigenvalue weighted by molar-refractivity contribution is 6.41. The molecule has 18 heavy (non-hydrogen) atoms. The third-order valence-corrected chi connectivity index (χ3v) is 2.57. The van der Waals surface area contributed by atoms with E-state index in [1.807, 2.05) is 20.8 Å². The van der Waals surface area contributed by atoms with Gasteiger partial charge in [-0.05, 0) is 30.0 Å². The summed E-state index contributed by atoms with van der Waals surface area (Å²) in [6.07, 6.45) is 0. The summed E-state index contributed by atoms with van der Waals surface area (Å²) in [4.78, 5) is 23.2. The number of hydrogen-bond donors (Lipinski definition) is 1. The molecule has 1 aromatic rings. The van der Waals surface area contributed by atoms with Crippen LogP contribution in [0.5, 0.6) is 5.75 Å². The number of ketones is 1. The molecule has 0 heterocycles. The number of rotatable bonds is 3. The van der Waals surface area contributed by atoms with Gasteiger partial charge in [-0.3, -0.25) is 4.79 Å². The molecular formula is C14H18O4. The zero-order valence-corrected chi connectivity index (χ0v) is 11.1. The smallest absolute Gasteiger partial charge is 0.379 e. The van der Waals surface area contributed by atoms with Crippen LogP contribution >= 0.6 is 0 Å². The maximum Gasteiger partial charge on any atom is 0.379 e. The standard InChI is InChI=1S/C14H18O4/c1-5-18-13(17)12(16)10-8-9(14(2,3)4)6-7-11(10)15/h6-8,15H,5H2,1-4H3. The Balaban J connectivity index is 3.16. The molecular weight excluding hydrogens is 232 g/mol. The van der Waals surface area contributed by atoms with Gasteiger partial charge in [-0.25, -0.2) is 4.79 Å². The van der Waals surface area contributed by atoms with Gasteiger partial charge in [0.15, 0.2) is 0 Å². The van der Waals surface area contributed by atoms with E-state index in [1.54, 1.807) is 13.0 Å². The van der Waals surface area contributed by atoms with Crippen LogP contribution in [0.3, 0.4) is 0 Å². The monoisotopic (exact) mass is 250 g/mol. The van der Waals surface area contributed by atoms with E-state index >= 15 is 0 Å². The first-order chi connectivity index (χ1) is 8.27. The first-order valence-electron chi connectivity index (χ1n) is 5.82. The topological polar surface area (TPSA) is 63.6 Å². The van der Waals surface area contributed by atoms with Crippen molar-refractivity contribution in [2.45, 2.75) is 33.1 Å². The fourth-order valence-electron chi connectivity index (χ4n) is 1.49. The fraction of sp³-hybridized carbons (Fsp3) is 0.429. The number of Topliss-reactive ketones (excluding diaryl/α,β-unsaturated/α-hetero) is 1. The largest absolute Gasteiger partial charge is 0.507 e. The number of phenols is 1. The van der Waals surface area contributed by atoms with Crippen LogP contribution in [0.2, 0.25) is 0 Å². The molecule has 0 bridgehead atoms. The summed E-state index contributed by atoms with van der Waals surface area (Å²) < 4.78 is 4.64. The Morgan fingerprint density at radius 2 is 1.89 bits per heavy atom. The second-order valence-electron chi connectivity index (χ2n) is 5.03. The summed E-state index contributed by atoms with van der Waals surface area (Å²) >= 11 is 0. The highest BCUT2D eigenvalue weighted by atomic mass is 16.5. The maximum atomic E-state index is 11.8. The van der Waals surface area contributed by atoms with Gasteiger partial charge in [-0.15, -0.1) is 0 Å². The lowest BCUT2D eigenvalue weighted by molar-refractivity contribution is -0.137. The van der Waals surface area contributed by atoms with E-state index in [1.165, 1.54) is 12.1 Å². The molecule has 0 radical (unpaired) electrons. The van der Waals surface area contributed by atoms with E-state index < -0.39 is 11.8 Å². The Morgan fingerprint density at radius 1 is 1.28 bits per heavy atom. The molecule has 0 fully saturated rings. The van der Waals surface area contributed by atoms with Crippen LogP contribution in [0.1, 0.15) is 43.6 Å². The molecule has 1 N–H and O–H groups in total. The molecule has 4 heteroatoms. The van der Waals surface area contributed by atoms with Crippen LogP contribution < -0.4 is 0 Å². The predicted octanol–water partition coefficient (Wildman–Crippen LogP) is 2.44. The van der Waals surface area contributed by atoms with Gasteiger partial charge < -0.3 is 9.84 Å². The number of carbonyl (C=O) groups excluding carboxylic acids is 2. The molecule has 0 aliphatic rings. The van der Waals surface area contributed by atoms with Gasteiger partial charge in [0.25, 0.3) is 5.78 Å². The lowest BCUT2D eigenvalue weighted by Crippen LogP contribution is -2.19. The Labute approximate surface area is 107 Å². The van der Waals surface area contributed by atoms with E-state index in [0.29, 0.717) is 0 Å². The first kappa shape index (κ1) is 14.2. The minimum absolute atomic E-state index is 0.0131. The summed E-state index contributed by atoms with van der Waals surface area (Å²) in [6.45, 7) is 7.70. The van der Waals surface area contributed by atoms with Crippen LogP contribution in [-0.4, -0.2) is 23.5 Å². The van der Waals surface area contributed by atoms with E-state index in [-0.39, 0.29) is 23.3 Å². The van der Waals surface area contributed by atoms with Crippen LogP contribution in [0.15, 0.2) is 18.2 Å².